The lowest BCUT2D eigenvalue weighted by atomic mass is 10.3. The highest BCUT2D eigenvalue weighted by molar-refractivity contribution is 7.89. The second-order valence-corrected chi connectivity index (χ2v) is 6.83. The number of nitrogens with one attached hydrogen (secondary N) is 1. The quantitative estimate of drug-likeness (QED) is 0.656. The van der Waals surface area contributed by atoms with Crippen molar-refractivity contribution >= 4 is 27.6 Å². The molecule has 0 saturated carbocycles. The Balaban J connectivity index is 2.08. The summed E-state index contributed by atoms with van der Waals surface area (Å²) in [5.74, 6) is 0.633. The molecule has 0 amide bonds. The number of nitrogens with zero attached hydrogens (tertiary/aromatic N) is 1. The van der Waals surface area contributed by atoms with E-state index in [0.717, 1.165) is 10.4 Å². The molecule has 7 heteroatoms. The highest BCUT2D eigenvalue weighted by atomic mass is 32.2. The van der Waals surface area contributed by atoms with Crippen LogP contribution in [0.15, 0.2) is 45.7 Å². The Hall–Kier alpha value is -1.86. The minimum atomic E-state index is -3.66. The highest BCUT2D eigenvalue weighted by Gasteiger charge is 2.12. The predicted molar refractivity (Wildman–Crippen MR) is 84.6 cm³/mol. The van der Waals surface area contributed by atoms with Crippen molar-refractivity contribution in [2.24, 2.45) is 5.10 Å². The molecule has 1 aromatic carbocycles. The lowest BCUT2D eigenvalue weighted by Gasteiger charge is -2.05. The van der Waals surface area contributed by atoms with Gasteiger partial charge in [0.05, 0.1) is 22.6 Å². The number of sulfonamides is 1. The first kappa shape index (κ1) is 15.5. The van der Waals surface area contributed by atoms with E-state index in [9.17, 15) is 8.42 Å². The molecular formula is C14H16N2O3S2. The Morgan fingerprint density at radius 1 is 1.29 bits per heavy atom. The average molecular weight is 324 g/mol. The van der Waals surface area contributed by atoms with Crippen molar-refractivity contribution in [2.75, 3.05) is 6.61 Å². The van der Waals surface area contributed by atoms with E-state index in [-0.39, 0.29) is 4.90 Å². The summed E-state index contributed by atoms with van der Waals surface area (Å²) in [4.78, 5) is 3.26. The molecule has 0 radical (unpaired) electrons. The second-order valence-electron chi connectivity index (χ2n) is 4.23. The largest absolute Gasteiger partial charge is 0.494 e. The van der Waals surface area contributed by atoms with Crippen LogP contribution >= 0.6 is 11.3 Å². The van der Waals surface area contributed by atoms with Crippen LogP contribution in [0, 0.1) is 6.92 Å². The van der Waals surface area contributed by atoms with Gasteiger partial charge < -0.3 is 4.74 Å². The van der Waals surface area contributed by atoms with E-state index in [4.69, 9.17) is 4.74 Å². The van der Waals surface area contributed by atoms with E-state index < -0.39 is 10.0 Å². The molecule has 1 heterocycles. The molecule has 0 saturated heterocycles. The van der Waals surface area contributed by atoms with E-state index in [0.29, 0.717) is 12.4 Å². The molecule has 0 aliphatic carbocycles. The number of rotatable bonds is 6. The summed E-state index contributed by atoms with van der Waals surface area (Å²) in [5, 5.41) is 5.73. The monoisotopic (exact) mass is 324 g/mol. The van der Waals surface area contributed by atoms with Crippen molar-refractivity contribution in [3.63, 3.8) is 0 Å². The Morgan fingerprint density at radius 2 is 2.00 bits per heavy atom. The summed E-state index contributed by atoms with van der Waals surface area (Å²) < 4.78 is 29.4. The van der Waals surface area contributed by atoms with E-state index in [1.165, 1.54) is 29.7 Å². The fourth-order valence-electron chi connectivity index (χ4n) is 1.61. The summed E-state index contributed by atoms with van der Waals surface area (Å²) in [6.45, 7) is 4.35. The topological polar surface area (TPSA) is 67.8 Å². The van der Waals surface area contributed by atoms with Gasteiger partial charge in [0.25, 0.3) is 10.0 Å². The van der Waals surface area contributed by atoms with Crippen molar-refractivity contribution in [3.05, 3.63) is 46.2 Å². The molecule has 112 valence electrons. The summed E-state index contributed by atoms with van der Waals surface area (Å²) in [7, 11) is -3.66. The maximum atomic E-state index is 12.1. The van der Waals surface area contributed by atoms with Gasteiger partial charge in [-0.05, 0) is 55.1 Å². The number of thiophene rings is 1. The molecule has 5 nitrogen and oxygen atoms in total. The number of hydrogen-bond acceptors (Lipinski definition) is 5. The Morgan fingerprint density at radius 3 is 2.57 bits per heavy atom. The lowest BCUT2D eigenvalue weighted by Crippen LogP contribution is -2.18. The molecule has 1 N–H and O–H groups in total. The van der Waals surface area contributed by atoms with Crippen LogP contribution < -0.4 is 9.57 Å². The standard InChI is InChI=1S/C14H16N2O3S2/c1-3-19-12-4-6-13(7-5-12)21(17,18)16-15-10-14-11(2)8-9-20-14/h4-10,16H,3H2,1-2H3/b15-10+. The zero-order chi connectivity index (χ0) is 15.3. The van der Waals surface area contributed by atoms with Crippen LogP contribution in [0.5, 0.6) is 5.75 Å². The van der Waals surface area contributed by atoms with Crippen LogP contribution in [0.4, 0.5) is 0 Å². The van der Waals surface area contributed by atoms with Gasteiger partial charge in [-0.15, -0.1) is 11.3 Å². The summed E-state index contributed by atoms with van der Waals surface area (Å²) in [6, 6.07) is 8.15. The number of hydrazone groups is 1. The normalized spacial score (nSPS) is 11.7. The first-order valence-electron chi connectivity index (χ1n) is 6.35. The molecule has 0 fully saturated rings. The zero-order valence-corrected chi connectivity index (χ0v) is 13.4. The van der Waals surface area contributed by atoms with Gasteiger partial charge in [-0.1, -0.05) is 0 Å². The molecule has 0 atom stereocenters. The van der Waals surface area contributed by atoms with Crippen LogP contribution in [0.25, 0.3) is 0 Å². The minimum Gasteiger partial charge on any atom is -0.494 e. The van der Waals surface area contributed by atoms with E-state index >= 15 is 0 Å². The molecule has 21 heavy (non-hydrogen) atoms. The Kier molecular flexibility index (Phi) is 4.98. The first-order valence-corrected chi connectivity index (χ1v) is 8.71. The van der Waals surface area contributed by atoms with Crippen LogP contribution in [0.1, 0.15) is 17.4 Å². The second kappa shape index (κ2) is 6.73. The van der Waals surface area contributed by atoms with Crippen molar-refractivity contribution in [1.82, 2.24) is 4.83 Å². The van der Waals surface area contributed by atoms with Gasteiger partial charge >= 0.3 is 0 Å². The number of hydrogen-bond donors (Lipinski definition) is 1. The fraction of sp³-hybridized carbons (Fsp3) is 0.214. The molecule has 2 rings (SSSR count). The van der Waals surface area contributed by atoms with Crippen LogP contribution in [-0.2, 0) is 10.0 Å². The molecule has 1 aromatic heterocycles. The molecule has 0 bridgehead atoms. The Labute approximate surface area is 128 Å². The molecule has 0 unspecified atom stereocenters. The SMILES string of the molecule is CCOc1ccc(S(=O)(=O)N/N=C/c2sccc2C)cc1. The molecule has 0 spiro atoms. The highest BCUT2D eigenvalue weighted by Crippen LogP contribution is 2.16. The van der Waals surface area contributed by atoms with E-state index in [1.54, 1.807) is 12.1 Å². The van der Waals surface area contributed by atoms with Gasteiger partial charge in [-0.25, -0.2) is 4.83 Å². The fourth-order valence-corrected chi connectivity index (χ4v) is 3.18. The average Bonchev–Trinajstić information content (AvgIpc) is 2.85. The van der Waals surface area contributed by atoms with Gasteiger partial charge in [0.15, 0.2) is 0 Å². The van der Waals surface area contributed by atoms with Crippen LogP contribution in [0.2, 0.25) is 0 Å². The third-order valence-corrected chi connectivity index (χ3v) is 4.89. The van der Waals surface area contributed by atoms with Gasteiger partial charge in [-0.2, -0.15) is 13.5 Å². The van der Waals surface area contributed by atoms with Gasteiger partial charge in [0.1, 0.15) is 5.75 Å². The third kappa shape index (κ3) is 4.05. The van der Waals surface area contributed by atoms with Gasteiger partial charge in [0, 0.05) is 0 Å². The maximum Gasteiger partial charge on any atom is 0.276 e. The van der Waals surface area contributed by atoms with Crippen LogP contribution in [-0.4, -0.2) is 21.2 Å². The third-order valence-electron chi connectivity index (χ3n) is 2.70. The molecular weight excluding hydrogens is 308 g/mol. The van der Waals surface area contributed by atoms with E-state index in [2.05, 4.69) is 9.93 Å². The molecule has 0 aliphatic heterocycles. The molecule has 2 aromatic rings. The van der Waals surface area contributed by atoms with Crippen molar-refractivity contribution < 1.29 is 13.2 Å². The van der Waals surface area contributed by atoms with Gasteiger partial charge in [-0.3, -0.25) is 0 Å². The smallest absolute Gasteiger partial charge is 0.276 e. The van der Waals surface area contributed by atoms with E-state index in [1.807, 2.05) is 25.3 Å². The summed E-state index contributed by atoms with van der Waals surface area (Å²) in [6.07, 6.45) is 1.51. The van der Waals surface area contributed by atoms with Crippen molar-refractivity contribution in [3.8, 4) is 5.75 Å². The maximum absolute atomic E-state index is 12.1. The van der Waals surface area contributed by atoms with Crippen molar-refractivity contribution in [1.29, 1.82) is 0 Å². The minimum absolute atomic E-state index is 0.144. The first-order chi connectivity index (χ1) is 10.0. The summed E-state index contributed by atoms with van der Waals surface area (Å²) in [5.41, 5.74) is 1.06. The molecule has 0 aliphatic rings. The number of benzene rings is 1. The van der Waals surface area contributed by atoms with Crippen LogP contribution in [0.3, 0.4) is 0 Å². The Bertz CT molecular complexity index is 719. The predicted octanol–water partition coefficient (Wildman–Crippen LogP) is 2.77. The number of ether oxygens (including phenoxy) is 1. The number of aryl methyl sites for hydroxylation is 1. The zero-order valence-electron chi connectivity index (χ0n) is 11.7. The summed E-state index contributed by atoms with van der Waals surface area (Å²) >= 11 is 1.50. The van der Waals surface area contributed by atoms with Gasteiger partial charge in [0.2, 0.25) is 0 Å². The van der Waals surface area contributed by atoms with Crippen molar-refractivity contribution in [2.45, 2.75) is 18.7 Å². The lowest BCUT2D eigenvalue weighted by molar-refractivity contribution is 0.340.